The number of hydrogen-bond acceptors (Lipinski definition) is 4. The molecule has 0 spiro atoms. The molecular formula is C26H20Cl2FN3O4. The van der Waals surface area contributed by atoms with Crippen LogP contribution in [0.15, 0.2) is 66.4 Å². The normalized spacial score (nSPS) is 14.2. The minimum atomic E-state index is -0.729. The number of imide groups is 1. The molecule has 0 saturated carbocycles. The number of halogens is 3. The first-order valence-corrected chi connectivity index (χ1v) is 11.5. The lowest BCUT2D eigenvalue weighted by Crippen LogP contribution is -2.38. The molecule has 0 aromatic heterocycles. The molecule has 0 bridgehead atoms. The zero-order chi connectivity index (χ0) is 25.8. The second-order valence-electron chi connectivity index (χ2n) is 7.99. The van der Waals surface area contributed by atoms with Crippen molar-refractivity contribution in [2.75, 3.05) is 11.9 Å². The molecular weight excluding hydrogens is 508 g/mol. The number of ether oxygens (including phenoxy) is 1. The van der Waals surface area contributed by atoms with Gasteiger partial charge in [0.05, 0.1) is 10.0 Å². The first kappa shape index (κ1) is 25.2. The van der Waals surface area contributed by atoms with Gasteiger partial charge in [-0.15, -0.1) is 0 Å². The third kappa shape index (κ3) is 5.84. The van der Waals surface area contributed by atoms with E-state index in [0.717, 1.165) is 10.5 Å². The summed E-state index contributed by atoms with van der Waals surface area (Å²) in [4.78, 5) is 38.2. The summed E-state index contributed by atoms with van der Waals surface area (Å²) in [6.45, 7) is 1.38. The molecule has 4 amide bonds. The van der Waals surface area contributed by atoms with Gasteiger partial charge >= 0.3 is 6.03 Å². The SMILES string of the molecule is Cc1ccc(NC(=O)CN2C(=O)N/C(=C/c3cc(Cl)c(OCc4ccccc4F)c(Cl)c3)C2=O)cc1. The zero-order valence-electron chi connectivity index (χ0n) is 19.0. The molecule has 1 aliphatic heterocycles. The Kier molecular flexibility index (Phi) is 7.57. The molecule has 0 radical (unpaired) electrons. The number of rotatable bonds is 7. The largest absolute Gasteiger partial charge is 0.486 e. The van der Waals surface area contributed by atoms with Crippen LogP contribution < -0.4 is 15.4 Å². The third-order valence-corrected chi connectivity index (χ3v) is 5.82. The van der Waals surface area contributed by atoms with Gasteiger partial charge in [-0.25, -0.2) is 14.1 Å². The number of aryl methyl sites for hydroxylation is 1. The van der Waals surface area contributed by atoms with Gasteiger partial charge in [0.1, 0.15) is 24.7 Å². The highest BCUT2D eigenvalue weighted by molar-refractivity contribution is 6.37. The van der Waals surface area contributed by atoms with Crippen molar-refractivity contribution in [1.82, 2.24) is 10.2 Å². The van der Waals surface area contributed by atoms with Gasteiger partial charge < -0.3 is 15.4 Å². The molecule has 36 heavy (non-hydrogen) atoms. The summed E-state index contributed by atoms with van der Waals surface area (Å²) in [5.74, 6) is -1.46. The average Bonchev–Trinajstić information content (AvgIpc) is 3.08. The van der Waals surface area contributed by atoms with E-state index in [1.165, 1.54) is 24.3 Å². The van der Waals surface area contributed by atoms with Crippen molar-refractivity contribution in [3.63, 3.8) is 0 Å². The third-order valence-electron chi connectivity index (χ3n) is 5.26. The van der Waals surface area contributed by atoms with Crippen LogP contribution in [-0.2, 0) is 16.2 Å². The minimum Gasteiger partial charge on any atom is -0.486 e. The Labute approximate surface area is 216 Å². The number of amides is 4. The highest BCUT2D eigenvalue weighted by atomic mass is 35.5. The average molecular weight is 528 g/mol. The summed E-state index contributed by atoms with van der Waals surface area (Å²) in [6, 6.07) is 15.5. The van der Waals surface area contributed by atoms with E-state index in [0.29, 0.717) is 16.8 Å². The van der Waals surface area contributed by atoms with Gasteiger partial charge in [0.15, 0.2) is 5.75 Å². The highest BCUT2D eigenvalue weighted by Crippen LogP contribution is 2.35. The van der Waals surface area contributed by atoms with Crippen LogP contribution in [-0.4, -0.2) is 29.3 Å². The lowest BCUT2D eigenvalue weighted by molar-refractivity contribution is -0.127. The second kappa shape index (κ2) is 10.8. The van der Waals surface area contributed by atoms with E-state index in [-0.39, 0.29) is 28.1 Å². The molecule has 4 rings (SSSR count). The van der Waals surface area contributed by atoms with Gasteiger partial charge in [0.25, 0.3) is 5.91 Å². The molecule has 3 aromatic carbocycles. The van der Waals surface area contributed by atoms with Crippen LogP contribution in [0.5, 0.6) is 5.75 Å². The Bertz CT molecular complexity index is 1350. The Morgan fingerprint density at radius 3 is 2.42 bits per heavy atom. The Hall–Kier alpha value is -3.88. The lowest BCUT2D eigenvalue weighted by Gasteiger charge is -2.12. The van der Waals surface area contributed by atoms with Crippen molar-refractivity contribution in [1.29, 1.82) is 0 Å². The fourth-order valence-corrected chi connectivity index (χ4v) is 4.04. The maximum Gasteiger partial charge on any atom is 0.329 e. The molecule has 10 heteroatoms. The van der Waals surface area contributed by atoms with Gasteiger partial charge in [-0.3, -0.25) is 9.59 Å². The van der Waals surface area contributed by atoms with Crippen LogP contribution in [0.4, 0.5) is 14.9 Å². The predicted octanol–water partition coefficient (Wildman–Crippen LogP) is 5.55. The van der Waals surface area contributed by atoms with Crippen molar-refractivity contribution < 1.29 is 23.5 Å². The van der Waals surface area contributed by atoms with Crippen LogP contribution in [0.2, 0.25) is 10.0 Å². The maximum atomic E-state index is 13.8. The van der Waals surface area contributed by atoms with Crippen LogP contribution in [0, 0.1) is 12.7 Å². The van der Waals surface area contributed by atoms with Crippen molar-refractivity contribution in [2.45, 2.75) is 13.5 Å². The van der Waals surface area contributed by atoms with Gasteiger partial charge in [-0.05, 0) is 48.9 Å². The van der Waals surface area contributed by atoms with Gasteiger partial charge in [0, 0.05) is 11.3 Å². The summed E-state index contributed by atoms with van der Waals surface area (Å²) < 4.78 is 19.4. The molecule has 0 aliphatic carbocycles. The van der Waals surface area contributed by atoms with E-state index in [2.05, 4.69) is 10.6 Å². The Balaban J connectivity index is 1.44. The fraction of sp³-hybridized carbons (Fsp3) is 0.115. The van der Waals surface area contributed by atoms with Gasteiger partial charge in [0.2, 0.25) is 5.91 Å². The predicted molar refractivity (Wildman–Crippen MR) is 135 cm³/mol. The van der Waals surface area contributed by atoms with Crippen LogP contribution in [0.1, 0.15) is 16.7 Å². The van der Waals surface area contributed by atoms with Crippen LogP contribution in [0.3, 0.4) is 0 Å². The standard InChI is InChI=1S/C26H20Cl2FN3O4/c1-15-6-8-18(9-7-15)30-23(33)13-32-25(34)22(31-26(32)35)12-16-10-19(27)24(20(28)11-16)36-14-17-4-2-3-5-21(17)29/h2-12H,13-14H2,1H3,(H,30,33)(H,31,35)/b22-12+. The van der Waals surface area contributed by atoms with Crippen molar-refractivity contribution in [2.24, 2.45) is 0 Å². The first-order valence-electron chi connectivity index (χ1n) is 10.8. The molecule has 1 fully saturated rings. The Morgan fingerprint density at radius 2 is 1.75 bits per heavy atom. The monoisotopic (exact) mass is 527 g/mol. The molecule has 7 nitrogen and oxygen atoms in total. The molecule has 2 N–H and O–H groups in total. The van der Waals surface area contributed by atoms with Gasteiger partial charge in [-0.1, -0.05) is 59.1 Å². The number of nitrogens with one attached hydrogen (secondary N) is 2. The van der Waals surface area contributed by atoms with E-state index in [4.69, 9.17) is 27.9 Å². The van der Waals surface area contributed by atoms with Crippen molar-refractivity contribution in [3.8, 4) is 5.75 Å². The van der Waals surface area contributed by atoms with E-state index < -0.39 is 30.2 Å². The molecule has 1 saturated heterocycles. The Morgan fingerprint density at radius 1 is 1.08 bits per heavy atom. The van der Waals surface area contributed by atoms with Crippen LogP contribution in [0.25, 0.3) is 6.08 Å². The quantitative estimate of drug-likeness (QED) is 0.311. The lowest BCUT2D eigenvalue weighted by atomic mass is 10.1. The van der Waals surface area contributed by atoms with E-state index in [1.807, 2.05) is 19.1 Å². The second-order valence-corrected chi connectivity index (χ2v) is 8.80. The van der Waals surface area contributed by atoms with Crippen LogP contribution >= 0.6 is 23.2 Å². The van der Waals surface area contributed by atoms with Crippen molar-refractivity contribution >= 4 is 52.8 Å². The molecule has 0 atom stereocenters. The molecule has 0 unspecified atom stereocenters. The minimum absolute atomic E-state index is 0.0460. The van der Waals surface area contributed by atoms with Gasteiger partial charge in [-0.2, -0.15) is 0 Å². The number of urea groups is 1. The number of carbonyl (C=O) groups is 3. The first-order chi connectivity index (χ1) is 17.2. The summed E-state index contributed by atoms with van der Waals surface area (Å²) in [5, 5.41) is 5.36. The van der Waals surface area contributed by atoms with E-state index >= 15 is 0 Å². The molecule has 184 valence electrons. The summed E-state index contributed by atoms with van der Waals surface area (Å²) in [5.41, 5.74) is 2.28. The number of carbonyl (C=O) groups excluding carboxylic acids is 3. The maximum absolute atomic E-state index is 13.8. The summed E-state index contributed by atoms with van der Waals surface area (Å²) in [7, 11) is 0. The van der Waals surface area contributed by atoms with Crippen molar-refractivity contribution in [3.05, 3.63) is 98.9 Å². The topological polar surface area (TPSA) is 87.7 Å². The highest BCUT2D eigenvalue weighted by Gasteiger charge is 2.35. The number of nitrogens with zero attached hydrogens (tertiary/aromatic N) is 1. The number of anilines is 1. The fourth-order valence-electron chi connectivity index (χ4n) is 3.43. The zero-order valence-corrected chi connectivity index (χ0v) is 20.5. The van der Waals surface area contributed by atoms with E-state index in [9.17, 15) is 18.8 Å². The molecule has 3 aromatic rings. The molecule has 1 aliphatic rings. The summed E-state index contributed by atoms with van der Waals surface area (Å²) >= 11 is 12.6. The number of hydrogen-bond donors (Lipinski definition) is 2. The molecule has 1 heterocycles. The summed E-state index contributed by atoms with van der Waals surface area (Å²) in [6.07, 6.45) is 1.39. The van der Waals surface area contributed by atoms with E-state index in [1.54, 1.807) is 30.3 Å². The smallest absolute Gasteiger partial charge is 0.329 e. The number of benzene rings is 3.